The zero-order chi connectivity index (χ0) is 14.5. The van der Waals surface area contributed by atoms with Crippen molar-refractivity contribution < 1.29 is 4.79 Å². The highest BCUT2D eigenvalue weighted by atomic mass is 32.2. The van der Waals surface area contributed by atoms with Gasteiger partial charge in [-0.05, 0) is 48.5 Å². The lowest BCUT2D eigenvalue weighted by Gasteiger charge is -2.22. The summed E-state index contributed by atoms with van der Waals surface area (Å²) in [5.41, 5.74) is 8.24. The number of hydrogen-bond donors (Lipinski definition) is 2. The molecule has 0 atom stereocenters. The van der Waals surface area contributed by atoms with Crippen molar-refractivity contribution in [3.63, 3.8) is 0 Å². The first kappa shape index (κ1) is 15.0. The van der Waals surface area contributed by atoms with Crippen LogP contribution < -0.4 is 11.1 Å². The molecule has 1 saturated heterocycles. The minimum absolute atomic E-state index is 0.0208. The van der Waals surface area contributed by atoms with E-state index in [2.05, 4.69) is 5.32 Å². The Balaban J connectivity index is 1.97. The molecule has 1 aromatic carbocycles. The van der Waals surface area contributed by atoms with Gasteiger partial charge in [0.05, 0.1) is 11.4 Å². The average molecular weight is 293 g/mol. The largest absolute Gasteiger partial charge is 0.397 e. The van der Waals surface area contributed by atoms with E-state index in [-0.39, 0.29) is 5.91 Å². The molecule has 0 unspecified atom stereocenters. The first-order valence-corrected chi connectivity index (χ1v) is 8.16. The minimum atomic E-state index is -0.0208. The van der Waals surface area contributed by atoms with Crippen molar-refractivity contribution in [3.05, 3.63) is 23.8 Å². The highest BCUT2D eigenvalue weighted by Gasteiger charge is 2.14. The van der Waals surface area contributed by atoms with Gasteiger partial charge in [0.2, 0.25) is 0 Å². The van der Waals surface area contributed by atoms with Gasteiger partial charge in [-0.1, -0.05) is 0 Å². The summed E-state index contributed by atoms with van der Waals surface area (Å²) in [6, 6.07) is 5.49. The smallest absolute Gasteiger partial charge is 0.253 e. The molecule has 1 aromatic rings. The zero-order valence-electron chi connectivity index (χ0n) is 12.2. The Morgan fingerprint density at radius 2 is 2.10 bits per heavy atom. The fraction of sp³-hybridized carbons (Fsp3) is 0.533. The number of thioether (sulfide) groups is 1. The maximum absolute atomic E-state index is 11.9. The number of nitrogens with one attached hydrogen (secondary N) is 1. The SMILES string of the molecule is CN(C)C(=O)c1ccc(NCC2CCSCC2)c(N)c1. The molecule has 1 fully saturated rings. The van der Waals surface area contributed by atoms with Crippen LogP contribution >= 0.6 is 11.8 Å². The van der Waals surface area contributed by atoms with Gasteiger partial charge >= 0.3 is 0 Å². The number of carbonyl (C=O) groups excluding carboxylic acids is 1. The van der Waals surface area contributed by atoms with E-state index in [0.717, 1.165) is 18.2 Å². The molecule has 20 heavy (non-hydrogen) atoms. The van der Waals surface area contributed by atoms with Crippen molar-refractivity contribution in [2.24, 2.45) is 5.92 Å². The number of nitrogens with two attached hydrogens (primary N) is 1. The van der Waals surface area contributed by atoms with Gasteiger partial charge in [-0.3, -0.25) is 4.79 Å². The summed E-state index contributed by atoms with van der Waals surface area (Å²) < 4.78 is 0. The van der Waals surface area contributed by atoms with Gasteiger partial charge in [-0.15, -0.1) is 0 Å². The van der Waals surface area contributed by atoms with Gasteiger partial charge in [0, 0.05) is 26.2 Å². The van der Waals surface area contributed by atoms with Crippen molar-refractivity contribution in [3.8, 4) is 0 Å². The molecule has 110 valence electrons. The van der Waals surface area contributed by atoms with E-state index in [9.17, 15) is 4.79 Å². The summed E-state index contributed by atoms with van der Waals surface area (Å²) in [7, 11) is 3.48. The predicted molar refractivity (Wildman–Crippen MR) is 87.4 cm³/mol. The van der Waals surface area contributed by atoms with Crippen LogP contribution in [-0.4, -0.2) is 43.0 Å². The van der Waals surface area contributed by atoms with Crippen LogP contribution in [0.4, 0.5) is 11.4 Å². The lowest BCUT2D eigenvalue weighted by atomic mass is 10.0. The third-order valence-electron chi connectivity index (χ3n) is 3.63. The summed E-state index contributed by atoms with van der Waals surface area (Å²) in [5, 5.41) is 3.42. The quantitative estimate of drug-likeness (QED) is 0.838. The Morgan fingerprint density at radius 3 is 2.70 bits per heavy atom. The normalized spacial score (nSPS) is 15.9. The molecule has 1 aliphatic heterocycles. The van der Waals surface area contributed by atoms with Gasteiger partial charge in [0.1, 0.15) is 0 Å². The van der Waals surface area contributed by atoms with E-state index in [0.29, 0.717) is 11.3 Å². The van der Waals surface area contributed by atoms with Crippen molar-refractivity contribution >= 4 is 29.0 Å². The van der Waals surface area contributed by atoms with Gasteiger partial charge in [-0.2, -0.15) is 11.8 Å². The van der Waals surface area contributed by atoms with E-state index in [1.54, 1.807) is 25.1 Å². The van der Waals surface area contributed by atoms with Crippen molar-refractivity contribution in [1.29, 1.82) is 0 Å². The monoisotopic (exact) mass is 293 g/mol. The molecule has 0 spiro atoms. The second-order valence-electron chi connectivity index (χ2n) is 5.44. The molecule has 1 aliphatic rings. The Bertz CT molecular complexity index is 470. The average Bonchev–Trinajstić information content (AvgIpc) is 2.46. The summed E-state index contributed by atoms with van der Waals surface area (Å²) in [6.07, 6.45) is 2.55. The van der Waals surface area contributed by atoms with E-state index < -0.39 is 0 Å². The van der Waals surface area contributed by atoms with Crippen LogP contribution in [0.2, 0.25) is 0 Å². The van der Waals surface area contributed by atoms with E-state index >= 15 is 0 Å². The van der Waals surface area contributed by atoms with Crippen LogP contribution in [0, 0.1) is 5.92 Å². The number of amides is 1. The molecule has 0 radical (unpaired) electrons. The van der Waals surface area contributed by atoms with Gasteiger partial charge < -0.3 is 16.0 Å². The second kappa shape index (κ2) is 6.88. The van der Waals surface area contributed by atoms with Gasteiger partial charge in [-0.25, -0.2) is 0 Å². The molecule has 0 aliphatic carbocycles. The standard InChI is InChI=1S/C15H23N3OS/c1-18(2)15(19)12-3-4-14(13(16)9-12)17-10-11-5-7-20-8-6-11/h3-4,9,11,17H,5-8,10,16H2,1-2H3. The molecule has 5 heteroatoms. The first-order valence-electron chi connectivity index (χ1n) is 7.00. The molecule has 3 N–H and O–H groups in total. The minimum Gasteiger partial charge on any atom is -0.397 e. The summed E-state index contributed by atoms with van der Waals surface area (Å²) in [5.74, 6) is 3.24. The number of carbonyl (C=O) groups is 1. The Labute approximate surface area is 125 Å². The third-order valence-corrected chi connectivity index (χ3v) is 4.68. The number of hydrogen-bond acceptors (Lipinski definition) is 4. The molecule has 1 heterocycles. The summed E-state index contributed by atoms with van der Waals surface area (Å²) >= 11 is 2.04. The molecule has 2 rings (SSSR count). The lowest BCUT2D eigenvalue weighted by Crippen LogP contribution is -2.22. The third kappa shape index (κ3) is 3.82. The lowest BCUT2D eigenvalue weighted by molar-refractivity contribution is 0.0827. The molecule has 1 amide bonds. The van der Waals surface area contributed by atoms with E-state index in [1.165, 1.54) is 24.3 Å². The first-order chi connectivity index (χ1) is 9.58. The summed E-state index contributed by atoms with van der Waals surface area (Å²) in [4.78, 5) is 13.4. The maximum atomic E-state index is 11.9. The molecule has 4 nitrogen and oxygen atoms in total. The maximum Gasteiger partial charge on any atom is 0.253 e. The topological polar surface area (TPSA) is 58.4 Å². The fourth-order valence-corrected chi connectivity index (χ4v) is 3.52. The van der Waals surface area contributed by atoms with Crippen LogP contribution in [0.1, 0.15) is 23.2 Å². The van der Waals surface area contributed by atoms with E-state index in [1.807, 2.05) is 23.9 Å². The van der Waals surface area contributed by atoms with E-state index in [4.69, 9.17) is 5.73 Å². The fourth-order valence-electron chi connectivity index (χ4n) is 2.32. The van der Waals surface area contributed by atoms with Crippen molar-refractivity contribution in [2.75, 3.05) is 43.2 Å². The Hall–Kier alpha value is -1.36. The molecular formula is C15H23N3OS. The van der Waals surface area contributed by atoms with Crippen LogP contribution in [0.5, 0.6) is 0 Å². The summed E-state index contributed by atoms with van der Waals surface area (Å²) in [6.45, 7) is 0.964. The molecule has 0 saturated carbocycles. The Kier molecular flexibility index (Phi) is 5.17. The number of anilines is 2. The van der Waals surface area contributed by atoms with Crippen LogP contribution in [0.3, 0.4) is 0 Å². The number of nitrogens with zero attached hydrogens (tertiary/aromatic N) is 1. The number of nitrogen functional groups attached to an aromatic ring is 1. The van der Waals surface area contributed by atoms with Crippen LogP contribution in [0.25, 0.3) is 0 Å². The highest BCUT2D eigenvalue weighted by Crippen LogP contribution is 2.25. The Morgan fingerprint density at radius 1 is 1.40 bits per heavy atom. The van der Waals surface area contributed by atoms with Crippen molar-refractivity contribution in [2.45, 2.75) is 12.8 Å². The predicted octanol–water partition coefficient (Wildman–Crippen LogP) is 2.53. The molecule has 0 aromatic heterocycles. The van der Waals surface area contributed by atoms with Crippen LogP contribution in [0.15, 0.2) is 18.2 Å². The second-order valence-corrected chi connectivity index (χ2v) is 6.66. The molecular weight excluding hydrogens is 270 g/mol. The van der Waals surface area contributed by atoms with Gasteiger partial charge in [0.15, 0.2) is 0 Å². The van der Waals surface area contributed by atoms with Crippen LogP contribution in [-0.2, 0) is 0 Å². The van der Waals surface area contributed by atoms with Gasteiger partial charge in [0.25, 0.3) is 5.91 Å². The zero-order valence-corrected chi connectivity index (χ0v) is 13.0. The highest BCUT2D eigenvalue weighted by molar-refractivity contribution is 7.99. The number of rotatable bonds is 4. The number of benzene rings is 1. The molecule has 0 bridgehead atoms. The van der Waals surface area contributed by atoms with Crippen molar-refractivity contribution in [1.82, 2.24) is 4.90 Å².